The third kappa shape index (κ3) is 5.85. The van der Waals surface area contributed by atoms with Crippen molar-refractivity contribution in [3.05, 3.63) is 54.1 Å². The normalized spacial score (nSPS) is 11.2. The van der Waals surface area contributed by atoms with Crippen molar-refractivity contribution in [3.63, 3.8) is 0 Å². The summed E-state index contributed by atoms with van der Waals surface area (Å²) in [5, 5.41) is 2.62. The Bertz CT molecular complexity index is 815. The van der Waals surface area contributed by atoms with Gasteiger partial charge in [-0.25, -0.2) is 4.79 Å². The molecule has 0 spiro atoms. The maximum absolute atomic E-state index is 12.1. The number of carbonyl (C=O) groups is 3. The van der Waals surface area contributed by atoms with Crippen LogP contribution in [0.25, 0.3) is 0 Å². The number of esters is 1. The number of methoxy groups -OCH3 is 1. The van der Waals surface area contributed by atoms with Crippen LogP contribution in [0.15, 0.2) is 48.5 Å². The number of carbonyl (C=O) groups excluding carboxylic acids is 3. The predicted octanol–water partition coefficient (Wildman–Crippen LogP) is 2.85. The van der Waals surface area contributed by atoms with Crippen LogP contribution in [0.2, 0.25) is 0 Å². The maximum atomic E-state index is 12.1. The van der Waals surface area contributed by atoms with Crippen molar-refractivity contribution in [1.82, 2.24) is 0 Å². The number of rotatable bonds is 8. The van der Waals surface area contributed by atoms with Crippen molar-refractivity contribution in [2.45, 2.75) is 20.0 Å². The van der Waals surface area contributed by atoms with Crippen LogP contribution in [-0.4, -0.2) is 37.5 Å². The van der Waals surface area contributed by atoms with Crippen LogP contribution in [-0.2, 0) is 14.3 Å². The van der Waals surface area contributed by atoms with Crippen molar-refractivity contribution in [1.29, 1.82) is 0 Å². The first-order valence-corrected chi connectivity index (χ1v) is 8.28. The summed E-state index contributed by atoms with van der Waals surface area (Å²) in [6.07, 6.45) is -1.01. The molecule has 0 saturated carbocycles. The van der Waals surface area contributed by atoms with Gasteiger partial charge in [-0.3, -0.25) is 9.59 Å². The van der Waals surface area contributed by atoms with E-state index in [1.807, 2.05) is 0 Å². The summed E-state index contributed by atoms with van der Waals surface area (Å²) < 4.78 is 15.6. The molecule has 1 atom stereocenters. The zero-order chi connectivity index (χ0) is 19.8. The van der Waals surface area contributed by atoms with Gasteiger partial charge in [0.2, 0.25) is 0 Å². The summed E-state index contributed by atoms with van der Waals surface area (Å²) in [5.74, 6) is -0.346. The quantitative estimate of drug-likeness (QED) is 0.567. The van der Waals surface area contributed by atoms with E-state index in [1.165, 1.54) is 21.0 Å². The fourth-order valence-corrected chi connectivity index (χ4v) is 2.19. The van der Waals surface area contributed by atoms with E-state index in [2.05, 4.69) is 5.32 Å². The number of amides is 1. The molecule has 1 amide bonds. The standard InChI is InChI=1S/C20H21NO6/c1-13(22)15-8-10-16(11-9-15)21-20(24)14(2)27-19(23)12-26-18-7-5-4-6-17(18)25-3/h4-11,14H,12H2,1-3H3,(H,21,24)/t14-/m0/s1. The van der Waals surface area contributed by atoms with E-state index in [1.54, 1.807) is 48.5 Å². The average molecular weight is 371 g/mol. The molecule has 1 N–H and O–H groups in total. The number of anilines is 1. The fourth-order valence-electron chi connectivity index (χ4n) is 2.19. The van der Waals surface area contributed by atoms with Crippen molar-refractivity contribution in [3.8, 4) is 11.5 Å². The first kappa shape index (κ1) is 20.0. The lowest BCUT2D eigenvalue weighted by atomic mass is 10.1. The smallest absolute Gasteiger partial charge is 0.344 e. The molecular weight excluding hydrogens is 350 g/mol. The SMILES string of the molecule is COc1ccccc1OCC(=O)O[C@@H](C)C(=O)Nc1ccc(C(C)=O)cc1. The Morgan fingerprint density at radius 2 is 1.63 bits per heavy atom. The van der Waals surface area contributed by atoms with Crippen molar-refractivity contribution >= 4 is 23.3 Å². The van der Waals surface area contributed by atoms with Gasteiger partial charge in [0.25, 0.3) is 5.91 Å². The van der Waals surface area contributed by atoms with Crippen molar-refractivity contribution in [2.75, 3.05) is 19.0 Å². The Hall–Kier alpha value is -3.35. The lowest BCUT2D eigenvalue weighted by Gasteiger charge is -2.14. The van der Waals surface area contributed by atoms with E-state index in [-0.39, 0.29) is 12.4 Å². The van der Waals surface area contributed by atoms with Crippen LogP contribution >= 0.6 is 0 Å². The summed E-state index contributed by atoms with van der Waals surface area (Å²) >= 11 is 0. The van der Waals surface area contributed by atoms with Crippen LogP contribution in [0, 0.1) is 0 Å². The van der Waals surface area contributed by atoms with Gasteiger partial charge in [-0.15, -0.1) is 0 Å². The van der Waals surface area contributed by atoms with Crippen molar-refractivity contribution < 1.29 is 28.6 Å². The molecule has 0 radical (unpaired) electrons. The van der Waals surface area contributed by atoms with E-state index in [0.717, 1.165) is 0 Å². The first-order chi connectivity index (χ1) is 12.9. The molecule has 2 rings (SSSR count). The highest BCUT2D eigenvalue weighted by Gasteiger charge is 2.19. The molecule has 7 heteroatoms. The van der Waals surface area contributed by atoms with E-state index in [0.29, 0.717) is 22.7 Å². The van der Waals surface area contributed by atoms with Crippen LogP contribution in [0.4, 0.5) is 5.69 Å². The molecule has 2 aromatic rings. The molecule has 0 aromatic heterocycles. The molecule has 0 aliphatic rings. The highest BCUT2D eigenvalue weighted by molar-refractivity contribution is 5.97. The van der Waals surface area contributed by atoms with Gasteiger partial charge in [0, 0.05) is 11.3 Å². The number of para-hydroxylation sites is 2. The van der Waals surface area contributed by atoms with Gasteiger partial charge in [0.1, 0.15) is 0 Å². The van der Waals surface area contributed by atoms with Crippen LogP contribution in [0.5, 0.6) is 11.5 Å². The number of nitrogens with one attached hydrogen (secondary N) is 1. The molecule has 0 bridgehead atoms. The molecular formula is C20H21NO6. The topological polar surface area (TPSA) is 90.9 Å². The summed E-state index contributed by atoms with van der Waals surface area (Å²) in [6.45, 7) is 2.56. The molecule has 142 valence electrons. The molecule has 7 nitrogen and oxygen atoms in total. The van der Waals surface area contributed by atoms with Gasteiger partial charge >= 0.3 is 5.97 Å². The largest absolute Gasteiger partial charge is 0.493 e. The summed E-state index contributed by atoms with van der Waals surface area (Å²) in [5.41, 5.74) is 1.04. The molecule has 27 heavy (non-hydrogen) atoms. The predicted molar refractivity (Wildman–Crippen MR) is 99.1 cm³/mol. The Balaban J connectivity index is 1.84. The Morgan fingerprint density at radius 3 is 2.22 bits per heavy atom. The fraction of sp³-hybridized carbons (Fsp3) is 0.250. The van der Waals surface area contributed by atoms with Gasteiger partial charge in [-0.1, -0.05) is 12.1 Å². The minimum Gasteiger partial charge on any atom is -0.493 e. The second kappa shape index (κ2) is 9.38. The van der Waals surface area contributed by atoms with Crippen LogP contribution < -0.4 is 14.8 Å². The number of ketones is 1. The van der Waals surface area contributed by atoms with Gasteiger partial charge in [0.05, 0.1) is 7.11 Å². The maximum Gasteiger partial charge on any atom is 0.344 e. The number of hydrogen-bond acceptors (Lipinski definition) is 6. The Labute approximate surface area is 157 Å². The summed E-state index contributed by atoms with van der Waals surface area (Å²) in [4.78, 5) is 35.3. The number of benzene rings is 2. The minimum absolute atomic E-state index is 0.0646. The lowest BCUT2D eigenvalue weighted by molar-refractivity contribution is -0.155. The zero-order valence-electron chi connectivity index (χ0n) is 15.4. The summed E-state index contributed by atoms with van der Waals surface area (Å²) in [6, 6.07) is 13.3. The lowest BCUT2D eigenvalue weighted by Crippen LogP contribution is -2.31. The molecule has 2 aromatic carbocycles. The van der Waals surface area contributed by atoms with Gasteiger partial charge < -0.3 is 19.5 Å². The molecule has 0 unspecified atom stereocenters. The molecule has 0 heterocycles. The third-order valence-corrected chi connectivity index (χ3v) is 3.65. The van der Waals surface area contributed by atoms with Crippen LogP contribution in [0.3, 0.4) is 0 Å². The van der Waals surface area contributed by atoms with Gasteiger partial charge in [-0.05, 0) is 50.2 Å². The van der Waals surface area contributed by atoms with E-state index in [4.69, 9.17) is 14.2 Å². The van der Waals surface area contributed by atoms with E-state index in [9.17, 15) is 14.4 Å². The first-order valence-electron chi connectivity index (χ1n) is 8.28. The van der Waals surface area contributed by atoms with Crippen LogP contribution in [0.1, 0.15) is 24.2 Å². The molecule has 0 saturated heterocycles. The monoisotopic (exact) mass is 371 g/mol. The second-order valence-corrected chi connectivity index (χ2v) is 5.69. The van der Waals surface area contributed by atoms with E-state index >= 15 is 0 Å². The van der Waals surface area contributed by atoms with E-state index < -0.39 is 18.0 Å². The highest BCUT2D eigenvalue weighted by Crippen LogP contribution is 2.25. The summed E-state index contributed by atoms with van der Waals surface area (Å²) in [7, 11) is 1.50. The molecule has 0 aliphatic carbocycles. The van der Waals surface area contributed by atoms with Gasteiger partial charge in [-0.2, -0.15) is 0 Å². The average Bonchev–Trinajstić information content (AvgIpc) is 2.66. The third-order valence-electron chi connectivity index (χ3n) is 3.65. The Kier molecular flexibility index (Phi) is 6.93. The minimum atomic E-state index is -1.01. The second-order valence-electron chi connectivity index (χ2n) is 5.69. The highest BCUT2D eigenvalue weighted by atomic mass is 16.6. The Morgan fingerprint density at radius 1 is 1.00 bits per heavy atom. The van der Waals surface area contributed by atoms with Gasteiger partial charge in [0.15, 0.2) is 30.0 Å². The molecule has 0 fully saturated rings. The zero-order valence-corrected chi connectivity index (χ0v) is 15.4. The number of ether oxygens (including phenoxy) is 3. The number of hydrogen-bond donors (Lipinski definition) is 1. The van der Waals surface area contributed by atoms with Crippen molar-refractivity contribution in [2.24, 2.45) is 0 Å². The number of Topliss-reactive ketones (excluding diaryl/α,β-unsaturated/α-hetero) is 1. The molecule has 0 aliphatic heterocycles.